The fourth-order valence-electron chi connectivity index (χ4n) is 2.03. The van der Waals surface area contributed by atoms with Gasteiger partial charge in [0.25, 0.3) is 0 Å². The fraction of sp³-hybridized carbons (Fsp3) is 0.917. The molecule has 1 saturated heterocycles. The maximum atomic E-state index is 10.9. The largest absolute Gasteiger partial charge is 0.352 e. The van der Waals surface area contributed by atoms with Crippen LogP contribution in [0.15, 0.2) is 0 Å². The van der Waals surface area contributed by atoms with Gasteiger partial charge in [-0.1, -0.05) is 0 Å². The molecule has 1 fully saturated rings. The first-order chi connectivity index (χ1) is 7.37. The summed E-state index contributed by atoms with van der Waals surface area (Å²) >= 11 is 0. The van der Waals surface area contributed by atoms with Gasteiger partial charge in [-0.15, -0.1) is 0 Å². The Labute approximate surface area is 98.8 Å². The molecule has 1 atom stereocenters. The molecule has 0 saturated carbocycles. The van der Waals surface area contributed by atoms with E-state index in [9.17, 15) is 4.79 Å². The number of amides is 1. The lowest BCUT2D eigenvalue weighted by atomic mass is 10.1. The second-order valence-electron chi connectivity index (χ2n) is 5.66. The van der Waals surface area contributed by atoms with Crippen LogP contribution in [0.3, 0.4) is 0 Å². The summed E-state index contributed by atoms with van der Waals surface area (Å²) in [5, 5.41) is 6.45. The highest BCUT2D eigenvalue weighted by atomic mass is 16.1. The minimum atomic E-state index is 0.0830. The minimum Gasteiger partial charge on any atom is -0.352 e. The molecule has 0 bridgehead atoms. The number of nitrogens with zero attached hydrogens (tertiary/aromatic N) is 1. The van der Waals surface area contributed by atoms with Crippen LogP contribution in [0, 0.1) is 0 Å². The van der Waals surface area contributed by atoms with Crippen LogP contribution in [0.4, 0.5) is 0 Å². The number of nitrogens with one attached hydrogen (secondary N) is 2. The zero-order chi connectivity index (χ0) is 12.2. The van der Waals surface area contributed by atoms with Crippen molar-refractivity contribution >= 4 is 5.91 Å². The summed E-state index contributed by atoms with van der Waals surface area (Å²) in [4.78, 5) is 13.3. The molecule has 1 heterocycles. The minimum absolute atomic E-state index is 0.0830. The third-order valence-electron chi connectivity index (χ3n) is 2.76. The first-order valence-corrected chi connectivity index (χ1v) is 6.11. The van der Waals surface area contributed by atoms with Gasteiger partial charge in [-0.3, -0.25) is 9.69 Å². The Morgan fingerprint density at radius 3 is 2.69 bits per heavy atom. The molecular formula is C12H25N3O. The third kappa shape index (κ3) is 5.47. The topological polar surface area (TPSA) is 44.4 Å². The number of rotatable bonds is 4. The summed E-state index contributed by atoms with van der Waals surface area (Å²) in [6, 6.07) is 0.354. The van der Waals surface area contributed by atoms with Gasteiger partial charge in [-0.05, 0) is 27.2 Å². The highest BCUT2D eigenvalue weighted by Crippen LogP contribution is 2.08. The Balaban J connectivity index is 2.14. The van der Waals surface area contributed by atoms with Crippen molar-refractivity contribution in [3.63, 3.8) is 0 Å². The molecule has 0 aromatic rings. The molecule has 0 spiro atoms. The van der Waals surface area contributed by atoms with Crippen LogP contribution in [-0.2, 0) is 4.79 Å². The van der Waals surface area contributed by atoms with E-state index in [2.05, 4.69) is 36.3 Å². The number of likely N-dealkylation sites (tertiary alicyclic amines) is 1. The van der Waals surface area contributed by atoms with Gasteiger partial charge < -0.3 is 10.6 Å². The zero-order valence-electron chi connectivity index (χ0n) is 11.0. The average molecular weight is 227 g/mol. The van der Waals surface area contributed by atoms with E-state index >= 15 is 0 Å². The standard InChI is InChI=1S/C12H25N3O/c1-10(16)14-11-5-7-15(9-11)8-6-13-12(2,3)4/h11,13H,5-9H2,1-4H3,(H,14,16). The van der Waals surface area contributed by atoms with Gasteiger partial charge >= 0.3 is 0 Å². The van der Waals surface area contributed by atoms with Crippen molar-refractivity contribution in [2.24, 2.45) is 0 Å². The molecule has 1 aliphatic heterocycles. The van der Waals surface area contributed by atoms with Crippen LogP contribution in [0.5, 0.6) is 0 Å². The van der Waals surface area contributed by atoms with E-state index in [0.29, 0.717) is 6.04 Å². The van der Waals surface area contributed by atoms with Crippen molar-refractivity contribution in [2.75, 3.05) is 26.2 Å². The second-order valence-corrected chi connectivity index (χ2v) is 5.66. The Kier molecular flexibility index (Phi) is 4.74. The van der Waals surface area contributed by atoms with E-state index in [0.717, 1.165) is 32.6 Å². The first-order valence-electron chi connectivity index (χ1n) is 6.11. The Morgan fingerprint density at radius 2 is 2.12 bits per heavy atom. The van der Waals surface area contributed by atoms with Crippen molar-refractivity contribution in [3.05, 3.63) is 0 Å². The lowest BCUT2D eigenvalue weighted by Crippen LogP contribution is -2.42. The fourth-order valence-corrected chi connectivity index (χ4v) is 2.03. The summed E-state index contributed by atoms with van der Waals surface area (Å²) in [6.07, 6.45) is 1.08. The SMILES string of the molecule is CC(=O)NC1CCN(CCNC(C)(C)C)C1. The molecule has 1 amide bonds. The molecular weight excluding hydrogens is 202 g/mol. The Bertz CT molecular complexity index is 235. The first kappa shape index (κ1) is 13.5. The summed E-state index contributed by atoms with van der Waals surface area (Å²) < 4.78 is 0. The van der Waals surface area contributed by atoms with Crippen molar-refractivity contribution < 1.29 is 4.79 Å². The Hall–Kier alpha value is -0.610. The van der Waals surface area contributed by atoms with Crippen LogP contribution in [0.2, 0.25) is 0 Å². The van der Waals surface area contributed by atoms with Crippen molar-refractivity contribution in [3.8, 4) is 0 Å². The molecule has 1 rings (SSSR count). The Morgan fingerprint density at radius 1 is 1.44 bits per heavy atom. The van der Waals surface area contributed by atoms with Gasteiger partial charge in [0, 0.05) is 44.7 Å². The van der Waals surface area contributed by atoms with Crippen LogP contribution < -0.4 is 10.6 Å². The molecule has 0 aromatic heterocycles. The van der Waals surface area contributed by atoms with E-state index in [1.165, 1.54) is 0 Å². The molecule has 0 aromatic carbocycles. The van der Waals surface area contributed by atoms with E-state index in [4.69, 9.17) is 0 Å². The molecule has 0 aliphatic carbocycles. The third-order valence-corrected chi connectivity index (χ3v) is 2.76. The molecule has 1 aliphatic rings. The van der Waals surface area contributed by atoms with Gasteiger partial charge in [0.1, 0.15) is 0 Å². The van der Waals surface area contributed by atoms with Gasteiger partial charge in [0.05, 0.1) is 0 Å². The van der Waals surface area contributed by atoms with Gasteiger partial charge in [0.2, 0.25) is 5.91 Å². The second kappa shape index (κ2) is 5.64. The lowest BCUT2D eigenvalue weighted by Gasteiger charge is -2.23. The van der Waals surface area contributed by atoms with Crippen LogP contribution in [-0.4, -0.2) is 48.6 Å². The number of carbonyl (C=O) groups excluding carboxylic acids is 1. The van der Waals surface area contributed by atoms with Crippen LogP contribution >= 0.6 is 0 Å². The van der Waals surface area contributed by atoms with E-state index in [-0.39, 0.29) is 11.4 Å². The number of carbonyl (C=O) groups is 1. The summed E-state index contributed by atoms with van der Waals surface area (Å²) in [6.45, 7) is 12.3. The maximum absolute atomic E-state index is 10.9. The summed E-state index contributed by atoms with van der Waals surface area (Å²) in [5.41, 5.74) is 0.191. The molecule has 2 N–H and O–H groups in total. The van der Waals surface area contributed by atoms with Crippen LogP contribution in [0.25, 0.3) is 0 Å². The highest BCUT2D eigenvalue weighted by molar-refractivity contribution is 5.73. The molecule has 4 heteroatoms. The maximum Gasteiger partial charge on any atom is 0.217 e. The van der Waals surface area contributed by atoms with Crippen molar-refractivity contribution in [1.82, 2.24) is 15.5 Å². The number of hydrogen-bond acceptors (Lipinski definition) is 3. The number of hydrogen-bond donors (Lipinski definition) is 2. The van der Waals surface area contributed by atoms with Crippen molar-refractivity contribution in [2.45, 2.75) is 45.7 Å². The molecule has 1 unspecified atom stereocenters. The van der Waals surface area contributed by atoms with Gasteiger partial charge in [0.15, 0.2) is 0 Å². The molecule has 4 nitrogen and oxygen atoms in total. The van der Waals surface area contributed by atoms with E-state index in [1.807, 2.05) is 0 Å². The monoisotopic (exact) mass is 227 g/mol. The summed E-state index contributed by atoms with van der Waals surface area (Å²) in [7, 11) is 0. The van der Waals surface area contributed by atoms with Crippen molar-refractivity contribution in [1.29, 1.82) is 0 Å². The quantitative estimate of drug-likeness (QED) is 0.738. The van der Waals surface area contributed by atoms with E-state index in [1.54, 1.807) is 6.92 Å². The molecule has 0 radical (unpaired) electrons. The normalized spacial score (nSPS) is 22.4. The predicted molar refractivity (Wildman–Crippen MR) is 66.4 cm³/mol. The van der Waals surface area contributed by atoms with E-state index < -0.39 is 0 Å². The van der Waals surface area contributed by atoms with Gasteiger partial charge in [-0.2, -0.15) is 0 Å². The highest BCUT2D eigenvalue weighted by Gasteiger charge is 2.22. The van der Waals surface area contributed by atoms with Gasteiger partial charge in [-0.25, -0.2) is 0 Å². The summed E-state index contributed by atoms with van der Waals surface area (Å²) in [5.74, 6) is 0.0830. The molecule has 94 valence electrons. The van der Waals surface area contributed by atoms with Crippen LogP contribution in [0.1, 0.15) is 34.1 Å². The smallest absolute Gasteiger partial charge is 0.217 e. The zero-order valence-corrected chi connectivity index (χ0v) is 11.0. The average Bonchev–Trinajstić information content (AvgIpc) is 2.49. The lowest BCUT2D eigenvalue weighted by molar-refractivity contribution is -0.119. The predicted octanol–water partition coefficient (Wildman–Crippen LogP) is 0.585. The molecule has 16 heavy (non-hydrogen) atoms.